The molecule has 0 atom stereocenters. The smallest absolute Gasteiger partial charge is 0.307 e. The van der Waals surface area contributed by atoms with Gasteiger partial charge in [0.1, 0.15) is 0 Å². The third-order valence-electron chi connectivity index (χ3n) is 3.98. The summed E-state index contributed by atoms with van der Waals surface area (Å²) in [6.45, 7) is 0. The van der Waals surface area contributed by atoms with E-state index in [1.54, 1.807) is 0 Å². The lowest BCUT2D eigenvalue weighted by Gasteiger charge is -2.10. The van der Waals surface area contributed by atoms with Gasteiger partial charge in [-0.15, -0.1) is 0 Å². The van der Waals surface area contributed by atoms with E-state index < -0.39 is 23.9 Å². The van der Waals surface area contributed by atoms with E-state index in [2.05, 4.69) is 32.3 Å². The van der Waals surface area contributed by atoms with Gasteiger partial charge in [-0.25, -0.2) is 20.4 Å². The Hall–Kier alpha value is -5.10. The van der Waals surface area contributed by atoms with Crippen LogP contribution in [0.2, 0.25) is 0 Å². The fraction of sp³-hybridized carbons (Fsp3) is 0.143. The van der Waals surface area contributed by atoms with Gasteiger partial charge < -0.3 is 10.6 Å². The zero-order chi connectivity index (χ0) is 24.1. The number of nitriles is 2. The van der Waals surface area contributed by atoms with E-state index in [1.165, 1.54) is 48.5 Å². The number of rotatable bonds is 6. The van der Waals surface area contributed by atoms with Gasteiger partial charge in [-0.1, -0.05) is 0 Å². The summed E-state index contributed by atoms with van der Waals surface area (Å²) in [4.78, 5) is 47.0. The van der Waals surface area contributed by atoms with Crippen LogP contribution in [-0.4, -0.2) is 23.9 Å². The predicted octanol–water partition coefficient (Wildman–Crippen LogP) is 1.61. The summed E-state index contributed by atoms with van der Waals surface area (Å²) < 4.78 is 0. The van der Waals surface area contributed by atoms with Crippen LogP contribution in [0.5, 0.6) is 0 Å². The molecule has 0 unspecified atom stereocenters. The van der Waals surface area contributed by atoms with Gasteiger partial charge >= 0.3 is 12.1 Å². The van der Waals surface area contributed by atoms with Gasteiger partial charge in [0, 0.05) is 24.2 Å². The van der Waals surface area contributed by atoms with Crippen molar-refractivity contribution in [1.29, 1.82) is 10.5 Å². The van der Waals surface area contributed by atoms with Crippen LogP contribution in [0.3, 0.4) is 0 Å². The Morgan fingerprint density at radius 3 is 1.30 bits per heavy atom. The Balaban J connectivity index is 1.57. The molecule has 0 aliphatic rings. The standard InChI is InChI=1S/C21H20N8O4/c22-12-14-4-8-16(9-5-14)24-20(32)28-26-18(30)2-1-3-19(31)27-29-21(33)25-17-10-6-15(13-23)7-11-17/h4-11H,1-3H2,(H,26,30)(H,27,31)(H2,24,28,32)(H2,25,29,33). The molecule has 0 spiro atoms. The number of benzene rings is 2. The van der Waals surface area contributed by atoms with E-state index in [0.717, 1.165) is 0 Å². The lowest BCUT2D eigenvalue weighted by atomic mass is 10.2. The molecule has 2 rings (SSSR count). The number of amides is 6. The number of carbonyl (C=O) groups is 4. The van der Waals surface area contributed by atoms with Gasteiger partial charge in [-0.3, -0.25) is 20.4 Å². The van der Waals surface area contributed by atoms with Crippen LogP contribution < -0.4 is 32.3 Å². The van der Waals surface area contributed by atoms with E-state index in [9.17, 15) is 19.2 Å². The molecular formula is C21H20N8O4. The van der Waals surface area contributed by atoms with Crippen LogP contribution >= 0.6 is 0 Å². The van der Waals surface area contributed by atoms with Crippen LogP contribution in [-0.2, 0) is 9.59 Å². The van der Waals surface area contributed by atoms with Crippen molar-refractivity contribution in [2.45, 2.75) is 19.3 Å². The number of nitrogens with one attached hydrogen (secondary N) is 6. The molecule has 0 saturated carbocycles. The van der Waals surface area contributed by atoms with Gasteiger partial charge in [0.15, 0.2) is 0 Å². The molecule has 2 aromatic carbocycles. The second-order valence-electron chi connectivity index (χ2n) is 6.49. The van der Waals surface area contributed by atoms with E-state index in [-0.39, 0.29) is 19.3 Å². The number of anilines is 2. The normalized spacial score (nSPS) is 9.39. The zero-order valence-corrected chi connectivity index (χ0v) is 17.3. The predicted molar refractivity (Wildman–Crippen MR) is 117 cm³/mol. The fourth-order valence-corrected chi connectivity index (χ4v) is 2.37. The number of carbonyl (C=O) groups excluding carboxylic acids is 4. The SMILES string of the molecule is N#Cc1ccc(NC(=O)NNC(=O)CCCC(=O)NNC(=O)Nc2ccc(C#N)cc2)cc1. The summed E-state index contributed by atoms with van der Waals surface area (Å²) in [5.41, 5.74) is 10.5. The number of hydrogen-bond acceptors (Lipinski definition) is 6. The first-order valence-electron chi connectivity index (χ1n) is 9.61. The fourth-order valence-electron chi connectivity index (χ4n) is 2.37. The van der Waals surface area contributed by atoms with Crippen molar-refractivity contribution in [2.24, 2.45) is 0 Å². The first kappa shape index (κ1) is 24.2. The summed E-state index contributed by atoms with van der Waals surface area (Å²) >= 11 is 0. The Morgan fingerprint density at radius 1 is 0.606 bits per heavy atom. The average Bonchev–Trinajstić information content (AvgIpc) is 2.82. The van der Waals surface area contributed by atoms with Gasteiger partial charge in [-0.05, 0) is 55.0 Å². The van der Waals surface area contributed by atoms with E-state index in [0.29, 0.717) is 22.5 Å². The molecule has 12 heteroatoms. The van der Waals surface area contributed by atoms with Crippen molar-refractivity contribution in [3.05, 3.63) is 59.7 Å². The first-order chi connectivity index (χ1) is 15.9. The van der Waals surface area contributed by atoms with E-state index in [4.69, 9.17) is 10.5 Å². The quantitative estimate of drug-likeness (QED) is 0.364. The molecule has 33 heavy (non-hydrogen) atoms. The molecule has 0 bridgehead atoms. The molecule has 6 N–H and O–H groups in total. The van der Waals surface area contributed by atoms with Crippen LogP contribution in [0, 0.1) is 22.7 Å². The third-order valence-corrected chi connectivity index (χ3v) is 3.98. The van der Waals surface area contributed by atoms with Gasteiger partial charge in [-0.2, -0.15) is 10.5 Å². The summed E-state index contributed by atoms with van der Waals surface area (Å²) in [5.74, 6) is -1.02. The Morgan fingerprint density at radius 2 is 0.970 bits per heavy atom. The van der Waals surface area contributed by atoms with Crippen LogP contribution in [0.4, 0.5) is 21.0 Å². The topological polar surface area (TPSA) is 188 Å². The highest BCUT2D eigenvalue weighted by molar-refractivity contribution is 5.92. The summed E-state index contributed by atoms with van der Waals surface area (Å²) in [5, 5.41) is 22.4. The second kappa shape index (κ2) is 12.6. The van der Waals surface area contributed by atoms with Crippen molar-refractivity contribution in [3.8, 4) is 12.1 Å². The number of urea groups is 2. The maximum atomic E-state index is 11.8. The molecule has 0 aromatic heterocycles. The lowest BCUT2D eigenvalue weighted by Crippen LogP contribution is -2.44. The molecule has 0 aliphatic carbocycles. The van der Waals surface area contributed by atoms with E-state index >= 15 is 0 Å². The summed E-state index contributed by atoms with van der Waals surface area (Å²) in [7, 11) is 0. The minimum atomic E-state index is -0.678. The molecule has 0 radical (unpaired) electrons. The highest BCUT2D eigenvalue weighted by atomic mass is 16.2. The van der Waals surface area contributed by atoms with Crippen molar-refractivity contribution >= 4 is 35.3 Å². The second-order valence-corrected chi connectivity index (χ2v) is 6.49. The maximum absolute atomic E-state index is 11.8. The molecule has 168 valence electrons. The van der Waals surface area contributed by atoms with Crippen molar-refractivity contribution < 1.29 is 19.2 Å². The van der Waals surface area contributed by atoms with Crippen LogP contribution in [0.15, 0.2) is 48.5 Å². The van der Waals surface area contributed by atoms with Gasteiger partial charge in [0.25, 0.3) is 0 Å². The van der Waals surface area contributed by atoms with Gasteiger partial charge in [0.05, 0.1) is 23.3 Å². The van der Waals surface area contributed by atoms with Gasteiger partial charge in [0.2, 0.25) is 11.8 Å². The molecule has 6 amide bonds. The summed E-state index contributed by atoms with van der Waals surface area (Å²) in [6.07, 6.45) is 0.0967. The molecule has 0 saturated heterocycles. The highest BCUT2D eigenvalue weighted by Gasteiger charge is 2.08. The van der Waals surface area contributed by atoms with E-state index in [1.807, 2.05) is 12.1 Å². The minimum Gasteiger partial charge on any atom is -0.307 e. The number of hydrazine groups is 2. The van der Waals surface area contributed by atoms with Crippen molar-refractivity contribution in [3.63, 3.8) is 0 Å². The monoisotopic (exact) mass is 448 g/mol. The third kappa shape index (κ3) is 9.06. The maximum Gasteiger partial charge on any atom is 0.337 e. The molecule has 12 nitrogen and oxygen atoms in total. The molecular weight excluding hydrogens is 428 g/mol. The first-order valence-corrected chi connectivity index (χ1v) is 9.61. The summed E-state index contributed by atoms with van der Waals surface area (Å²) in [6, 6.07) is 14.8. The molecule has 0 aliphatic heterocycles. The zero-order valence-electron chi connectivity index (χ0n) is 17.3. The number of nitrogens with zero attached hydrogens (tertiary/aromatic N) is 2. The van der Waals surface area contributed by atoms with Crippen LogP contribution in [0.25, 0.3) is 0 Å². The Kier molecular flexibility index (Phi) is 9.20. The lowest BCUT2D eigenvalue weighted by molar-refractivity contribution is -0.123. The minimum absolute atomic E-state index is 0.0397. The van der Waals surface area contributed by atoms with Crippen molar-refractivity contribution in [1.82, 2.24) is 21.7 Å². The average molecular weight is 448 g/mol. The molecule has 0 fully saturated rings. The number of hydrogen-bond donors (Lipinski definition) is 6. The Bertz CT molecular complexity index is 998. The molecule has 2 aromatic rings. The van der Waals surface area contributed by atoms with Crippen LogP contribution in [0.1, 0.15) is 30.4 Å². The largest absolute Gasteiger partial charge is 0.337 e. The Labute approximate surface area is 188 Å². The molecule has 0 heterocycles. The van der Waals surface area contributed by atoms with Crippen molar-refractivity contribution in [2.75, 3.05) is 10.6 Å². The highest BCUT2D eigenvalue weighted by Crippen LogP contribution is 2.09.